The second-order valence-electron chi connectivity index (χ2n) is 13.1. The minimum atomic E-state index is -4.92. The molecule has 7 rings (SSSR count). The van der Waals surface area contributed by atoms with Gasteiger partial charge in [-0.15, -0.1) is 0 Å². The summed E-state index contributed by atoms with van der Waals surface area (Å²) in [7, 11) is 0. The zero-order valence-corrected chi connectivity index (χ0v) is 26.2. The first-order chi connectivity index (χ1) is 21.0. The standard InChI is InChI=1S/C34H38Cl2F4N3O/c35-28-8-6-24(20-29(28)36)26(12-17-43-15-10-22(11-16-43)18-31(43)23-4-2-1-3-5-23)21-42-14-13-41-33(42)32(44)25-7-9-30(37)27(19-25)34(38,39)40/h6-9,13-14,19-20,22-23,26,31H,1-5,10-12,15-18,21H2/q+1. The van der Waals surface area contributed by atoms with Gasteiger partial charge in [-0.1, -0.05) is 48.5 Å². The summed E-state index contributed by atoms with van der Waals surface area (Å²) in [6, 6.07) is 8.65. The van der Waals surface area contributed by atoms with Gasteiger partial charge in [0.25, 0.3) is 0 Å². The van der Waals surface area contributed by atoms with Crippen LogP contribution in [0.1, 0.15) is 91.0 Å². The Morgan fingerprint density at radius 2 is 1.75 bits per heavy atom. The van der Waals surface area contributed by atoms with Crippen molar-refractivity contribution < 1.29 is 26.8 Å². The van der Waals surface area contributed by atoms with Crippen LogP contribution in [0.3, 0.4) is 0 Å². The predicted octanol–water partition coefficient (Wildman–Crippen LogP) is 9.33. The highest BCUT2D eigenvalue weighted by molar-refractivity contribution is 6.42. The molecule has 1 aromatic heterocycles. The van der Waals surface area contributed by atoms with Crippen LogP contribution in [-0.2, 0) is 12.7 Å². The highest BCUT2D eigenvalue weighted by atomic mass is 35.5. The Morgan fingerprint density at radius 1 is 1.00 bits per heavy atom. The Labute approximate surface area is 266 Å². The van der Waals surface area contributed by atoms with Crippen molar-refractivity contribution in [3.8, 4) is 0 Å². The molecule has 0 N–H and O–H groups in total. The summed E-state index contributed by atoms with van der Waals surface area (Å²) in [5.41, 5.74) is -0.740. The van der Waals surface area contributed by atoms with E-state index in [1.165, 1.54) is 70.7 Å². The molecule has 4 nitrogen and oxygen atoms in total. The number of halogens is 6. The molecule has 3 saturated heterocycles. The largest absolute Gasteiger partial charge is 0.419 e. The van der Waals surface area contributed by atoms with Gasteiger partial charge in [-0.3, -0.25) is 4.79 Å². The van der Waals surface area contributed by atoms with E-state index in [0.717, 1.165) is 40.9 Å². The van der Waals surface area contributed by atoms with Crippen LogP contribution in [0.2, 0.25) is 10.0 Å². The average molecular weight is 652 g/mol. The van der Waals surface area contributed by atoms with Crippen molar-refractivity contribution in [3.05, 3.63) is 87.2 Å². The maximum atomic E-state index is 13.9. The average Bonchev–Trinajstić information content (AvgIpc) is 3.49. The maximum Gasteiger partial charge on any atom is 0.419 e. The van der Waals surface area contributed by atoms with Gasteiger partial charge in [0.2, 0.25) is 5.78 Å². The number of imidazole rings is 1. The van der Waals surface area contributed by atoms with Crippen molar-refractivity contribution in [1.82, 2.24) is 9.55 Å². The van der Waals surface area contributed by atoms with Gasteiger partial charge >= 0.3 is 6.18 Å². The van der Waals surface area contributed by atoms with Gasteiger partial charge < -0.3 is 9.05 Å². The van der Waals surface area contributed by atoms with E-state index in [1.54, 1.807) is 16.8 Å². The third kappa shape index (κ3) is 6.45. The van der Waals surface area contributed by atoms with Crippen LogP contribution in [0, 0.1) is 17.7 Å². The minimum Gasteiger partial charge on any atom is -0.328 e. The summed E-state index contributed by atoms with van der Waals surface area (Å²) < 4.78 is 57.0. The molecule has 10 heteroatoms. The Kier molecular flexibility index (Phi) is 9.15. The number of ketones is 1. The zero-order valence-electron chi connectivity index (χ0n) is 24.6. The van der Waals surface area contributed by atoms with Gasteiger partial charge in [-0.2, -0.15) is 13.2 Å². The number of alkyl halides is 3. The van der Waals surface area contributed by atoms with Gasteiger partial charge in [-0.25, -0.2) is 9.37 Å². The first kappa shape index (κ1) is 31.6. The van der Waals surface area contributed by atoms with E-state index in [1.807, 2.05) is 12.1 Å². The summed E-state index contributed by atoms with van der Waals surface area (Å²) >= 11 is 12.7. The van der Waals surface area contributed by atoms with Crippen molar-refractivity contribution in [1.29, 1.82) is 0 Å². The summed E-state index contributed by atoms with van der Waals surface area (Å²) in [6.07, 6.45) is 9.61. The lowest BCUT2D eigenvalue weighted by Crippen LogP contribution is -2.66. The third-order valence-corrected chi connectivity index (χ3v) is 11.4. The van der Waals surface area contributed by atoms with E-state index in [4.69, 9.17) is 23.2 Å². The zero-order chi connectivity index (χ0) is 31.1. The number of quaternary nitrogens is 1. The summed E-state index contributed by atoms with van der Waals surface area (Å²) in [5, 5.41) is 0.912. The topological polar surface area (TPSA) is 34.9 Å². The molecule has 2 unspecified atom stereocenters. The number of carbonyl (C=O) groups excluding carboxylic acids is 1. The molecule has 1 aliphatic carbocycles. The normalized spacial score (nSPS) is 24.9. The van der Waals surface area contributed by atoms with Crippen LogP contribution >= 0.6 is 23.2 Å². The molecule has 3 aliphatic heterocycles. The van der Waals surface area contributed by atoms with Crippen molar-refractivity contribution in [2.45, 2.75) is 82.5 Å². The van der Waals surface area contributed by atoms with Gasteiger partial charge in [0.1, 0.15) is 5.82 Å². The number of carbonyl (C=O) groups is 1. The molecule has 1 saturated carbocycles. The number of fused-ring (bicyclic) bond motifs is 3. The van der Waals surface area contributed by atoms with Crippen LogP contribution in [0.25, 0.3) is 0 Å². The molecule has 44 heavy (non-hydrogen) atoms. The van der Waals surface area contributed by atoms with Crippen molar-refractivity contribution in [3.63, 3.8) is 0 Å². The summed E-state index contributed by atoms with van der Waals surface area (Å²) in [6.45, 7) is 3.83. The predicted molar refractivity (Wildman–Crippen MR) is 163 cm³/mol. The molecular formula is C34H38Cl2F4N3O+. The number of aromatic nitrogens is 2. The lowest BCUT2D eigenvalue weighted by atomic mass is 9.71. The highest BCUT2D eigenvalue weighted by Crippen LogP contribution is 2.46. The summed E-state index contributed by atoms with van der Waals surface area (Å²) in [4.78, 5) is 17.7. The van der Waals surface area contributed by atoms with Crippen LogP contribution in [0.5, 0.6) is 0 Å². The van der Waals surface area contributed by atoms with Crippen LogP contribution < -0.4 is 0 Å². The number of benzene rings is 2. The molecule has 0 radical (unpaired) electrons. The lowest BCUT2D eigenvalue weighted by molar-refractivity contribution is -0.970. The number of nitrogens with zero attached hydrogens (tertiary/aromatic N) is 3. The molecule has 236 valence electrons. The quantitative estimate of drug-likeness (QED) is 0.131. The SMILES string of the molecule is O=C(c1ccc(F)c(C(F)(F)F)c1)c1nccn1CC(CC[N+]12CCC(CC1)CC2C1CCCCC1)c1ccc(Cl)c(Cl)c1. The number of hydrogen-bond donors (Lipinski definition) is 0. The number of hydrogen-bond acceptors (Lipinski definition) is 2. The lowest BCUT2D eigenvalue weighted by Gasteiger charge is -2.57. The number of rotatable bonds is 9. The first-order valence-electron chi connectivity index (χ1n) is 15.8. The van der Waals surface area contributed by atoms with E-state index in [0.29, 0.717) is 34.8 Å². The smallest absolute Gasteiger partial charge is 0.328 e. The fourth-order valence-corrected chi connectivity index (χ4v) is 8.58. The van der Waals surface area contributed by atoms with E-state index in [2.05, 4.69) is 4.98 Å². The van der Waals surface area contributed by atoms with E-state index >= 15 is 0 Å². The molecule has 4 heterocycles. The number of piperidine rings is 3. The first-order valence-corrected chi connectivity index (χ1v) is 16.5. The van der Waals surface area contributed by atoms with Crippen molar-refractivity contribution >= 4 is 29.0 Å². The van der Waals surface area contributed by atoms with Gasteiger partial charge in [0, 0.05) is 49.2 Å². The van der Waals surface area contributed by atoms with E-state index in [9.17, 15) is 22.4 Å². The molecule has 4 aliphatic rings. The molecule has 4 fully saturated rings. The fourth-order valence-electron chi connectivity index (χ4n) is 8.27. The van der Waals surface area contributed by atoms with Crippen LogP contribution in [-0.4, -0.2) is 45.5 Å². The molecule has 2 atom stereocenters. The van der Waals surface area contributed by atoms with E-state index < -0.39 is 23.3 Å². The fraction of sp³-hybridized carbons (Fsp3) is 0.529. The molecule has 0 spiro atoms. The van der Waals surface area contributed by atoms with Gasteiger partial charge in [0.05, 0.1) is 41.3 Å². The molecule has 3 aromatic rings. The van der Waals surface area contributed by atoms with E-state index in [-0.39, 0.29) is 17.3 Å². The Hall–Kier alpha value is -2.42. The second-order valence-corrected chi connectivity index (χ2v) is 13.9. The van der Waals surface area contributed by atoms with Crippen LogP contribution in [0.4, 0.5) is 17.6 Å². The molecule has 2 aromatic carbocycles. The van der Waals surface area contributed by atoms with Crippen LogP contribution in [0.15, 0.2) is 48.8 Å². The molecule has 0 amide bonds. The molecule has 2 bridgehead atoms. The maximum absolute atomic E-state index is 13.9. The monoisotopic (exact) mass is 650 g/mol. The minimum absolute atomic E-state index is 0.0145. The highest BCUT2D eigenvalue weighted by Gasteiger charge is 2.50. The summed E-state index contributed by atoms with van der Waals surface area (Å²) in [5.74, 6) is -0.505. The van der Waals surface area contributed by atoms with Crippen molar-refractivity contribution in [2.75, 3.05) is 19.6 Å². The Bertz CT molecular complexity index is 1490. The van der Waals surface area contributed by atoms with Crippen molar-refractivity contribution in [2.24, 2.45) is 11.8 Å². The second kappa shape index (κ2) is 12.8. The van der Waals surface area contributed by atoms with Gasteiger partial charge in [-0.05, 0) is 67.5 Å². The molecular weight excluding hydrogens is 613 g/mol. The Morgan fingerprint density at radius 3 is 2.45 bits per heavy atom. The van der Waals surface area contributed by atoms with Gasteiger partial charge in [0.15, 0.2) is 5.82 Å². The third-order valence-electron chi connectivity index (χ3n) is 10.6. The Balaban J connectivity index is 1.28.